The summed E-state index contributed by atoms with van der Waals surface area (Å²) < 4.78 is 0. The van der Waals surface area contributed by atoms with Crippen LogP contribution in [0.2, 0.25) is 0 Å². The van der Waals surface area contributed by atoms with E-state index in [4.69, 9.17) is 0 Å². The van der Waals surface area contributed by atoms with Gasteiger partial charge in [-0.05, 0) is 31.0 Å². The number of benzene rings is 1. The Morgan fingerprint density at radius 3 is 2.09 bits per heavy atom. The van der Waals surface area contributed by atoms with Gasteiger partial charge in [0, 0.05) is 24.7 Å². The smallest absolute Gasteiger partial charge is 0.310 e. The van der Waals surface area contributed by atoms with Crippen LogP contribution < -0.4 is 10.6 Å². The normalized spacial score (nSPS) is 10.9. The second kappa shape index (κ2) is 7.59. The van der Waals surface area contributed by atoms with Crippen LogP contribution in [-0.2, 0) is 14.4 Å². The second-order valence-corrected chi connectivity index (χ2v) is 5.28. The van der Waals surface area contributed by atoms with E-state index in [0.717, 1.165) is 0 Å². The maximum Gasteiger partial charge on any atom is 0.310 e. The van der Waals surface area contributed by atoms with Crippen molar-refractivity contribution >= 4 is 29.2 Å². The van der Waals surface area contributed by atoms with Gasteiger partial charge in [-0.15, -0.1) is 0 Å². The molecule has 0 aliphatic rings. The van der Waals surface area contributed by atoms with E-state index in [9.17, 15) is 19.5 Å². The van der Waals surface area contributed by atoms with Gasteiger partial charge in [-0.3, -0.25) is 14.4 Å². The lowest BCUT2D eigenvalue weighted by Gasteiger charge is -2.25. The highest BCUT2D eigenvalue weighted by atomic mass is 16.4. The highest BCUT2D eigenvalue weighted by Gasteiger charge is 2.37. The summed E-state index contributed by atoms with van der Waals surface area (Å²) in [5.74, 6) is -1.52. The second-order valence-electron chi connectivity index (χ2n) is 5.28. The van der Waals surface area contributed by atoms with E-state index in [2.05, 4.69) is 10.6 Å². The molecule has 3 N–H and O–H groups in total. The molecule has 0 atom stereocenters. The molecule has 1 rings (SSSR count). The maximum atomic E-state index is 12.1. The number of anilines is 2. The van der Waals surface area contributed by atoms with Gasteiger partial charge in [0.05, 0.1) is 5.41 Å². The van der Waals surface area contributed by atoms with Crippen LogP contribution in [0.4, 0.5) is 11.4 Å². The molecule has 1 aromatic rings. The Morgan fingerprint density at radius 2 is 1.64 bits per heavy atom. The van der Waals surface area contributed by atoms with Crippen molar-refractivity contribution in [2.45, 2.75) is 40.0 Å². The Kier molecular flexibility index (Phi) is 6.10. The van der Waals surface area contributed by atoms with Crippen LogP contribution in [0.5, 0.6) is 0 Å². The van der Waals surface area contributed by atoms with Crippen molar-refractivity contribution in [2.24, 2.45) is 5.41 Å². The van der Waals surface area contributed by atoms with Crippen molar-refractivity contribution in [3.05, 3.63) is 24.3 Å². The topological polar surface area (TPSA) is 95.5 Å². The summed E-state index contributed by atoms with van der Waals surface area (Å²) >= 11 is 0. The van der Waals surface area contributed by atoms with E-state index in [1.54, 1.807) is 38.1 Å². The summed E-state index contributed by atoms with van der Waals surface area (Å²) in [4.78, 5) is 34.6. The zero-order chi connectivity index (χ0) is 16.8. The van der Waals surface area contributed by atoms with E-state index >= 15 is 0 Å². The van der Waals surface area contributed by atoms with Crippen LogP contribution >= 0.6 is 0 Å². The SMILES string of the molecule is CCC(CC)(CC(=O)Nc1cccc(NC(C)=O)c1)C(=O)O. The number of hydrogen-bond acceptors (Lipinski definition) is 3. The van der Waals surface area contributed by atoms with Gasteiger partial charge in [0.2, 0.25) is 11.8 Å². The van der Waals surface area contributed by atoms with Crippen molar-refractivity contribution in [1.82, 2.24) is 0 Å². The molecule has 0 fully saturated rings. The van der Waals surface area contributed by atoms with Crippen molar-refractivity contribution < 1.29 is 19.5 Å². The number of amides is 2. The van der Waals surface area contributed by atoms with Crippen LogP contribution in [0.25, 0.3) is 0 Å². The molecule has 1 aromatic carbocycles. The van der Waals surface area contributed by atoms with E-state index < -0.39 is 11.4 Å². The number of carboxylic acids is 1. The zero-order valence-electron chi connectivity index (χ0n) is 13.1. The molecule has 0 aliphatic carbocycles. The van der Waals surface area contributed by atoms with Gasteiger partial charge in [0.25, 0.3) is 0 Å². The van der Waals surface area contributed by atoms with Crippen LogP contribution in [0, 0.1) is 5.41 Å². The molecule has 0 aliphatic heterocycles. The van der Waals surface area contributed by atoms with Crippen molar-refractivity contribution in [2.75, 3.05) is 10.6 Å². The summed E-state index contributed by atoms with van der Waals surface area (Å²) in [7, 11) is 0. The molecule has 0 saturated heterocycles. The van der Waals surface area contributed by atoms with Gasteiger partial charge in [-0.25, -0.2) is 0 Å². The predicted molar refractivity (Wildman–Crippen MR) is 84.6 cm³/mol. The molecule has 2 amide bonds. The fourth-order valence-electron chi connectivity index (χ4n) is 2.27. The van der Waals surface area contributed by atoms with Gasteiger partial charge in [0.15, 0.2) is 0 Å². The third-order valence-electron chi connectivity index (χ3n) is 3.77. The number of nitrogens with one attached hydrogen (secondary N) is 2. The Labute approximate surface area is 129 Å². The van der Waals surface area contributed by atoms with Gasteiger partial charge in [-0.2, -0.15) is 0 Å². The number of rotatable bonds is 7. The van der Waals surface area contributed by atoms with Gasteiger partial charge < -0.3 is 15.7 Å². The van der Waals surface area contributed by atoms with Gasteiger partial charge in [-0.1, -0.05) is 19.9 Å². The minimum atomic E-state index is -1.04. The van der Waals surface area contributed by atoms with Crippen LogP contribution in [0.15, 0.2) is 24.3 Å². The lowest BCUT2D eigenvalue weighted by atomic mass is 9.79. The van der Waals surface area contributed by atoms with Crippen molar-refractivity contribution in [3.8, 4) is 0 Å². The average Bonchev–Trinajstić information content (AvgIpc) is 2.44. The van der Waals surface area contributed by atoms with Gasteiger partial charge in [0.1, 0.15) is 0 Å². The van der Waals surface area contributed by atoms with E-state index in [0.29, 0.717) is 24.2 Å². The zero-order valence-corrected chi connectivity index (χ0v) is 13.1. The van der Waals surface area contributed by atoms with Crippen molar-refractivity contribution in [1.29, 1.82) is 0 Å². The Morgan fingerprint density at radius 1 is 1.09 bits per heavy atom. The average molecular weight is 306 g/mol. The number of carbonyl (C=O) groups is 3. The first-order valence-electron chi connectivity index (χ1n) is 7.24. The molecular weight excluding hydrogens is 284 g/mol. The highest BCUT2D eigenvalue weighted by molar-refractivity contribution is 5.95. The Balaban J connectivity index is 2.80. The van der Waals surface area contributed by atoms with E-state index in [1.807, 2.05) is 0 Å². The molecule has 0 saturated carbocycles. The Hall–Kier alpha value is -2.37. The molecule has 120 valence electrons. The van der Waals surface area contributed by atoms with E-state index in [1.165, 1.54) is 6.92 Å². The summed E-state index contributed by atoms with van der Waals surface area (Å²) in [6.07, 6.45) is 0.691. The fraction of sp³-hybridized carbons (Fsp3) is 0.438. The first kappa shape index (κ1) is 17.7. The third-order valence-corrected chi connectivity index (χ3v) is 3.77. The molecule has 6 nitrogen and oxygen atoms in total. The summed E-state index contributed by atoms with van der Waals surface area (Å²) in [5.41, 5.74) is 0.0443. The Bertz CT molecular complexity index is 565. The molecule has 0 heterocycles. The molecule has 0 radical (unpaired) electrons. The minimum absolute atomic E-state index is 0.0836. The molecule has 6 heteroatoms. The molecule has 0 bridgehead atoms. The van der Waals surface area contributed by atoms with Crippen LogP contribution in [0.1, 0.15) is 40.0 Å². The third kappa shape index (κ3) is 4.58. The van der Waals surface area contributed by atoms with Gasteiger partial charge >= 0.3 is 5.97 Å². The minimum Gasteiger partial charge on any atom is -0.481 e. The lowest BCUT2D eigenvalue weighted by Crippen LogP contribution is -2.34. The first-order valence-corrected chi connectivity index (χ1v) is 7.24. The summed E-state index contributed by atoms with van der Waals surface area (Å²) in [6.45, 7) is 4.93. The first-order chi connectivity index (χ1) is 10.3. The molecular formula is C16H22N2O4. The predicted octanol–water partition coefficient (Wildman–Crippen LogP) is 2.86. The van der Waals surface area contributed by atoms with Crippen LogP contribution in [0.3, 0.4) is 0 Å². The van der Waals surface area contributed by atoms with E-state index in [-0.39, 0.29) is 18.2 Å². The molecule has 0 spiro atoms. The molecule has 22 heavy (non-hydrogen) atoms. The summed E-state index contributed by atoms with van der Waals surface area (Å²) in [5, 5.41) is 14.7. The van der Waals surface area contributed by atoms with Crippen molar-refractivity contribution in [3.63, 3.8) is 0 Å². The largest absolute Gasteiger partial charge is 0.481 e. The molecule has 0 unspecified atom stereocenters. The maximum absolute atomic E-state index is 12.1. The fourth-order valence-corrected chi connectivity index (χ4v) is 2.27. The standard InChI is InChI=1S/C16H22N2O4/c1-4-16(5-2,15(21)22)10-14(20)18-13-8-6-7-12(9-13)17-11(3)19/h6-9H,4-5,10H2,1-3H3,(H,17,19)(H,18,20)(H,21,22). The number of hydrogen-bond donors (Lipinski definition) is 3. The highest BCUT2D eigenvalue weighted by Crippen LogP contribution is 2.31. The number of carbonyl (C=O) groups excluding carboxylic acids is 2. The summed E-state index contributed by atoms with van der Waals surface area (Å²) in [6, 6.07) is 6.71. The quantitative estimate of drug-likeness (QED) is 0.721. The number of carboxylic acid groups (broad SMARTS) is 1. The van der Waals surface area contributed by atoms with Crippen LogP contribution in [-0.4, -0.2) is 22.9 Å². The number of aliphatic carboxylic acids is 1. The molecule has 0 aromatic heterocycles. The monoisotopic (exact) mass is 306 g/mol. The lowest BCUT2D eigenvalue weighted by molar-refractivity contribution is -0.151.